The van der Waals surface area contributed by atoms with Gasteiger partial charge in [0.25, 0.3) is 0 Å². The van der Waals surface area contributed by atoms with Crippen LogP contribution in [0.25, 0.3) is 22.3 Å². The van der Waals surface area contributed by atoms with Gasteiger partial charge in [-0.3, -0.25) is 9.59 Å². The topological polar surface area (TPSA) is 152 Å². The van der Waals surface area contributed by atoms with Crippen molar-refractivity contribution in [2.45, 2.75) is 135 Å². The minimum atomic E-state index is -0.823. The van der Waals surface area contributed by atoms with Gasteiger partial charge in [-0.05, 0) is 103 Å². The molecule has 2 saturated carbocycles. The average molecular weight is 774 g/mol. The van der Waals surface area contributed by atoms with Crippen LogP contribution in [-0.4, -0.2) is 81.9 Å². The van der Waals surface area contributed by atoms with E-state index in [9.17, 15) is 19.5 Å². The van der Waals surface area contributed by atoms with Gasteiger partial charge < -0.3 is 34.9 Å². The van der Waals surface area contributed by atoms with Crippen LogP contribution in [-0.2, 0) is 14.3 Å². The molecule has 3 aromatic rings. The van der Waals surface area contributed by atoms with E-state index in [2.05, 4.69) is 36.6 Å². The van der Waals surface area contributed by atoms with Crippen LogP contribution in [0.2, 0.25) is 0 Å². The first kappa shape index (κ1) is 38.9. The second kappa shape index (κ2) is 16.8. The fourth-order valence-corrected chi connectivity index (χ4v) is 9.56. The highest BCUT2D eigenvalue weighted by Crippen LogP contribution is 2.57. The zero-order valence-corrected chi connectivity index (χ0v) is 33.3. The Kier molecular flexibility index (Phi) is 11.9. The highest BCUT2D eigenvalue weighted by Gasteiger charge is 2.59. The number of aliphatic carboxylic acids is 1. The Labute approximate surface area is 327 Å². The molecule has 0 spiro atoms. The lowest BCUT2D eigenvalue weighted by atomic mass is 9.93. The van der Waals surface area contributed by atoms with Crippen LogP contribution in [0.5, 0.6) is 11.5 Å². The number of carbonyl (C=O) groups excluding carboxylic acids is 2. The molecule has 2 aromatic heterocycles. The zero-order chi connectivity index (χ0) is 38.7. The molecule has 7 rings (SSSR count). The Morgan fingerprint density at radius 2 is 1.82 bits per heavy atom. The predicted molar refractivity (Wildman–Crippen MR) is 213 cm³/mol. The van der Waals surface area contributed by atoms with E-state index in [1.807, 2.05) is 35.4 Å². The number of alkyl carbamates (subject to hydrolysis) is 1. The normalized spacial score (nSPS) is 26.2. The first-order chi connectivity index (χ1) is 26.5. The summed E-state index contributed by atoms with van der Waals surface area (Å²) in [6.07, 6.45) is 13.0. The van der Waals surface area contributed by atoms with Crippen LogP contribution in [0.1, 0.15) is 103 Å². The van der Waals surface area contributed by atoms with E-state index in [1.165, 1.54) is 11.3 Å². The number of methoxy groups -OCH3 is 1. The van der Waals surface area contributed by atoms with Crippen molar-refractivity contribution in [2.24, 2.45) is 11.3 Å². The summed E-state index contributed by atoms with van der Waals surface area (Å²) in [5.41, 5.74) is 2.18. The number of nitrogens with zero attached hydrogens (tertiary/aromatic N) is 3. The van der Waals surface area contributed by atoms with Gasteiger partial charge in [-0.1, -0.05) is 25.0 Å². The second-order valence-corrected chi connectivity index (χ2v) is 17.0. The minimum Gasteiger partial charge on any atom is -0.496 e. The van der Waals surface area contributed by atoms with Crippen LogP contribution < -0.4 is 20.1 Å². The molecule has 2 amide bonds. The van der Waals surface area contributed by atoms with Gasteiger partial charge in [0, 0.05) is 40.9 Å². The number of hydrogen-bond donors (Lipinski definition) is 3. The van der Waals surface area contributed by atoms with Gasteiger partial charge in [-0.15, -0.1) is 11.3 Å². The van der Waals surface area contributed by atoms with Gasteiger partial charge in [-0.25, -0.2) is 14.8 Å². The van der Waals surface area contributed by atoms with E-state index in [1.54, 1.807) is 7.11 Å². The SMILES string of the molecule is COc1ccc2c(O[C@@H]3C[C@H]4CC[C@]5(C(=O)O)CC5C=CCCCCC[C@H](NC(=O)OC5CCCC5)C(=O)N4C3)cc(-c3csc(NC(C)C)n3)nc2c1C. The number of aromatic nitrogens is 2. The number of anilines is 1. The second-order valence-electron chi connectivity index (χ2n) is 16.1. The Balaban J connectivity index is 1.19. The summed E-state index contributed by atoms with van der Waals surface area (Å²) < 4.78 is 18.3. The number of aryl methyl sites for hydroxylation is 1. The van der Waals surface area contributed by atoms with Gasteiger partial charge in [-0.2, -0.15) is 0 Å². The molecule has 4 heterocycles. The van der Waals surface area contributed by atoms with E-state index in [0.29, 0.717) is 55.8 Å². The number of benzene rings is 1. The molecule has 296 valence electrons. The lowest BCUT2D eigenvalue weighted by Gasteiger charge is -2.30. The first-order valence-corrected chi connectivity index (χ1v) is 21.0. The standard InChI is InChI=1S/C42H55N5O7S/c1-25(2)43-40-45-34(24-55-40)33-21-36(31-16-17-35(52-4)26(3)37(31)44-33)53-30-20-28-18-19-42(39(49)50)22-27(42)12-8-6-5-7-9-15-32(38(48)47(28)23-30)46-41(51)54-29-13-10-11-14-29/h8,12,16-17,21,24-25,27-30,32H,5-7,9-11,13-15,18-20,22-23H2,1-4H3,(H,43,45)(H,46,51)(H,49,50)/t27?,28-,30-,32+,42+/m1/s1. The highest BCUT2D eigenvalue weighted by molar-refractivity contribution is 7.14. The van der Waals surface area contributed by atoms with Crippen LogP contribution in [0.3, 0.4) is 0 Å². The molecule has 13 heteroatoms. The monoisotopic (exact) mass is 773 g/mol. The summed E-state index contributed by atoms with van der Waals surface area (Å²) in [6, 6.07) is 4.99. The average Bonchev–Trinajstić information content (AvgIpc) is 3.55. The molecule has 3 fully saturated rings. The maximum atomic E-state index is 14.6. The molecule has 1 unspecified atom stereocenters. The summed E-state index contributed by atoms with van der Waals surface area (Å²) in [4.78, 5) is 52.2. The third-order valence-electron chi connectivity index (χ3n) is 11.9. The number of carbonyl (C=O) groups is 3. The molecule has 5 atom stereocenters. The van der Waals surface area contributed by atoms with Crippen molar-refractivity contribution >= 4 is 45.3 Å². The van der Waals surface area contributed by atoms with E-state index >= 15 is 0 Å². The summed E-state index contributed by atoms with van der Waals surface area (Å²) in [7, 11) is 1.64. The summed E-state index contributed by atoms with van der Waals surface area (Å²) in [6.45, 7) is 6.41. The summed E-state index contributed by atoms with van der Waals surface area (Å²) in [5, 5.41) is 20.3. The molecule has 2 aliphatic heterocycles. The number of ether oxygens (including phenoxy) is 3. The van der Waals surface area contributed by atoms with Crippen LogP contribution in [0.4, 0.5) is 9.93 Å². The van der Waals surface area contributed by atoms with Gasteiger partial charge in [0.2, 0.25) is 5.91 Å². The molecule has 2 aliphatic carbocycles. The van der Waals surface area contributed by atoms with E-state index in [4.69, 9.17) is 24.2 Å². The van der Waals surface area contributed by atoms with Gasteiger partial charge >= 0.3 is 12.1 Å². The van der Waals surface area contributed by atoms with E-state index < -0.39 is 23.5 Å². The smallest absolute Gasteiger partial charge is 0.408 e. The third kappa shape index (κ3) is 8.71. The van der Waals surface area contributed by atoms with Crippen LogP contribution in [0.15, 0.2) is 35.7 Å². The number of rotatable bonds is 9. The Bertz CT molecular complexity index is 1910. The molecule has 1 saturated heterocycles. The molecule has 4 aliphatic rings. The largest absolute Gasteiger partial charge is 0.496 e. The first-order valence-electron chi connectivity index (χ1n) is 20.1. The van der Waals surface area contributed by atoms with Crippen molar-refractivity contribution in [1.82, 2.24) is 20.2 Å². The maximum Gasteiger partial charge on any atom is 0.408 e. The number of hydrogen-bond acceptors (Lipinski definition) is 10. The number of nitrogens with one attached hydrogen (secondary N) is 2. The number of pyridine rings is 1. The van der Waals surface area contributed by atoms with Crippen molar-refractivity contribution in [3.05, 3.63) is 41.3 Å². The van der Waals surface area contributed by atoms with Crippen molar-refractivity contribution in [1.29, 1.82) is 0 Å². The highest BCUT2D eigenvalue weighted by atomic mass is 32.1. The van der Waals surface area contributed by atoms with Crippen molar-refractivity contribution < 1.29 is 33.7 Å². The molecule has 0 bridgehead atoms. The number of allylic oxidation sites excluding steroid dienone is 2. The Morgan fingerprint density at radius 1 is 1.02 bits per heavy atom. The van der Waals surface area contributed by atoms with Crippen molar-refractivity contribution in [3.8, 4) is 22.9 Å². The molecule has 12 nitrogen and oxygen atoms in total. The summed E-state index contributed by atoms with van der Waals surface area (Å²) in [5.74, 6) is 0.391. The fourth-order valence-electron chi connectivity index (χ4n) is 8.71. The lowest BCUT2D eigenvalue weighted by Crippen LogP contribution is -2.51. The number of amides is 2. The number of carboxylic acid groups (broad SMARTS) is 1. The fraction of sp³-hybridized carbons (Fsp3) is 0.595. The van der Waals surface area contributed by atoms with Crippen LogP contribution in [0, 0.1) is 18.3 Å². The number of fused-ring (bicyclic) bond motifs is 3. The third-order valence-corrected chi connectivity index (χ3v) is 12.7. The van der Waals surface area contributed by atoms with E-state index in [-0.39, 0.29) is 36.1 Å². The van der Waals surface area contributed by atoms with E-state index in [0.717, 1.165) is 78.7 Å². The van der Waals surface area contributed by atoms with Crippen molar-refractivity contribution in [2.75, 3.05) is 19.0 Å². The zero-order valence-electron chi connectivity index (χ0n) is 32.5. The molecule has 55 heavy (non-hydrogen) atoms. The number of thiazole rings is 1. The molecule has 0 radical (unpaired) electrons. The molecular weight excluding hydrogens is 719 g/mol. The van der Waals surface area contributed by atoms with Crippen LogP contribution >= 0.6 is 11.3 Å². The Hall–Kier alpha value is -4.39. The molecular formula is C42H55N5O7S. The maximum absolute atomic E-state index is 14.6. The number of carboxylic acids is 1. The quantitative estimate of drug-likeness (QED) is 0.181. The van der Waals surface area contributed by atoms with Gasteiger partial charge in [0.1, 0.15) is 35.4 Å². The summed E-state index contributed by atoms with van der Waals surface area (Å²) >= 11 is 1.52. The van der Waals surface area contributed by atoms with Gasteiger partial charge in [0.15, 0.2) is 5.13 Å². The van der Waals surface area contributed by atoms with Gasteiger partial charge in [0.05, 0.1) is 30.3 Å². The molecule has 3 N–H and O–H groups in total. The Morgan fingerprint density at radius 3 is 2.58 bits per heavy atom. The predicted octanol–water partition coefficient (Wildman–Crippen LogP) is 8.27. The molecule has 1 aromatic carbocycles. The van der Waals surface area contributed by atoms with Crippen molar-refractivity contribution in [3.63, 3.8) is 0 Å². The minimum absolute atomic E-state index is 0.00342. The lowest BCUT2D eigenvalue weighted by molar-refractivity contribution is -0.144.